The Morgan fingerprint density at radius 1 is 0.254 bits per heavy atom. The van der Waals surface area contributed by atoms with Gasteiger partial charge < -0.3 is 9.13 Å². The highest BCUT2D eigenvalue weighted by Gasteiger charge is 2.34. The fraction of sp³-hybridized carbons (Fsp3) is 0. The number of para-hydroxylation sites is 1. The number of aromatic nitrogens is 2. The zero-order chi connectivity index (χ0) is 41.7. The standard InChI is InChI=1S/C60H42N2S/c1-6-20-43(21-7-1)45-24-18-25-46(40-45)62-58-38-36-47(41-55(58)60-52(33-19-35-59(60)62)44-22-8-2-9-23-44)61-56-34-17-16-32-53(56)54-42-51(37-39-57(54)61)63(48-26-10-3-11-27-48,49-28-12-4-13-29-49)50-30-14-5-15-31-50/h1-42H. The Kier molecular flexibility index (Phi) is 8.95. The molecule has 0 amide bonds. The third kappa shape index (κ3) is 5.96. The molecule has 10 aromatic carbocycles. The molecule has 0 atom stereocenters. The highest BCUT2D eigenvalue weighted by molar-refractivity contribution is 8.34. The summed E-state index contributed by atoms with van der Waals surface area (Å²) >= 11 is 0. The van der Waals surface area contributed by atoms with Crippen molar-refractivity contribution in [2.75, 3.05) is 0 Å². The topological polar surface area (TPSA) is 9.86 Å². The van der Waals surface area contributed by atoms with E-state index in [-0.39, 0.29) is 0 Å². The molecular formula is C60H42N2S. The summed E-state index contributed by atoms with van der Waals surface area (Å²) in [6, 6.07) is 93.8. The van der Waals surface area contributed by atoms with Gasteiger partial charge in [-0.1, -0.05) is 158 Å². The number of nitrogens with zero attached hydrogens (tertiary/aromatic N) is 2. The van der Waals surface area contributed by atoms with Crippen molar-refractivity contribution < 1.29 is 0 Å². The van der Waals surface area contributed by atoms with E-state index in [1.54, 1.807) is 0 Å². The molecule has 0 N–H and O–H groups in total. The monoisotopic (exact) mass is 822 g/mol. The van der Waals surface area contributed by atoms with Crippen molar-refractivity contribution in [3.63, 3.8) is 0 Å². The predicted molar refractivity (Wildman–Crippen MR) is 266 cm³/mol. The van der Waals surface area contributed by atoms with Crippen molar-refractivity contribution >= 4 is 53.6 Å². The fourth-order valence-electron chi connectivity index (χ4n) is 9.90. The van der Waals surface area contributed by atoms with Crippen LogP contribution in [0.15, 0.2) is 274 Å². The lowest BCUT2D eigenvalue weighted by Crippen LogP contribution is -2.05. The first-order valence-electron chi connectivity index (χ1n) is 21.6. The number of benzene rings is 10. The lowest BCUT2D eigenvalue weighted by molar-refractivity contribution is 1.16. The third-order valence-electron chi connectivity index (χ3n) is 12.6. The van der Waals surface area contributed by atoms with E-state index in [9.17, 15) is 0 Å². The van der Waals surface area contributed by atoms with Gasteiger partial charge in [0, 0.05) is 52.5 Å². The summed E-state index contributed by atoms with van der Waals surface area (Å²) in [7, 11) is -1.87. The summed E-state index contributed by atoms with van der Waals surface area (Å²) in [5.41, 5.74) is 11.8. The molecule has 298 valence electrons. The molecule has 0 saturated heterocycles. The second-order valence-corrected chi connectivity index (χ2v) is 19.2. The molecule has 2 nitrogen and oxygen atoms in total. The molecule has 12 aromatic rings. The molecule has 63 heavy (non-hydrogen) atoms. The zero-order valence-corrected chi connectivity index (χ0v) is 35.4. The van der Waals surface area contributed by atoms with Crippen LogP contribution in [0.1, 0.15) is 0 Å². The molecule has 2 heterocycles. The predicted octanol–water partition coefficient (Wildman–Crippen LogP) is 16.6. The van der Waals surface area contributed by atoms with Crippen molar-refractivity contribution in [3.05, 3.63) is 255 Å². The van der Waals surface area contributed by atoms with Crippen LogP contribution in [0.2, 0.25) is 0 Å². The van der Waals surface area contributed by atoms with E-state index < -0.39 is 10.0 Å². The Hall–Kier alpha value is -7.85. The second kappa shape index (κ2) is 15.3. The van der Waals surface area contributed by atoms with Gasteiger partial charge in [0.25, 0.3) is 0 Å². The van der Waals surface area contributed by atoms with Gasteiger partial charge in [0.2, 0.25) is 0 Å². The largest absolute Gasteiger partial charge is 0.309 e. The van der Waals surface area contributed by atoms with Crippen molar-refractivity contribution in [2.45, 2.75) is 19.6 Å². The maximum atomic E-state index is 2.49. The lowest BCUT2D eigenvalue weighted by atomic mass is 9.99. The van der Waals surface area contributed by atoms with Crippen molar-refractivity contribution in [2.24, 2.45) is 0 Å². The number of rotatable bonds is 8. The zero-order valence-electron chi connectivity index (χ0n) is 34.6. The van der Waals surface area contributed by atoms with Gasteiger partial charge in [0.1, 0.15) is 0 Å². The van der Waals surface area contributed by atoms with E-state index in [0.29, 0.717) is 0 Å². The van der Waals surface area contributed by atoms with Crippen molar-refractivity contribution in [1.29, 1.82) is 0 Å². The van der Waals surface area contributed by atoms with Gasteiger partial charge in [-0.25, -0.2) is 0 Å². The minimum absolute atomic E-state index is 1.13. The minimum Gasteiger partial charge on any atom is -0.309 e. The molecule has 0 bridgehead atoms. The quantitative estimate of drug-likeness (QED) is 0.144. The van der Waals surface area contributed by atoms with Crippen LogP contribution in [-0.4, -0.2) is 9.13 Å². The molecule has 0 unspecified atom stereocenters. The van der Waals surface area contributed by atoms with Gasteiger partial charge in [0.15, 0.2) is 0 Å². The van der Waals surface area contributed by atoms with Crippen LogP contribution in [-0.2, 0) is 0 Å². The summed E-state index contributed by atoms with van der Waals surface area (Å²) in [6.45, 7) is 0. The van der Waals surface area contributed by atoms with E-state index in [4.69, 9.17) is 0 Å². The molecule has 0 aliphatic rings. The van der Waals surface area contributed by atoms with Gasteiger partial charge in [-0.05, 0) is 119 Å². The van der Waals surface area contributed by atoms with Crippen LogP contribution < -0.4 is 0 Å². The van der Waals surface area contributed by atoms with Crippen LogP contribution in [0.5, 0.6) is 0 Å². The van der Waals surface area contributed by atoms with Crippen molar-refractivity contribution in [1.82, 2.24) is 9.13 Å². The summed E-state index contributed by atoms with van der Waals surface area (Å²) in [5.74, 6) is 0. The molecule has 0 radical (unpaired) electrons. The summed E-state index contributed by atoms with van der Waals surface area (Å²) < 4.78 is 4.92. The van der Waals surface area contributed by atoms with E-state index in [2.05, 4.69) is 264 Å². The molecule has 0 saturated carbocycles. The Bertz CT molecular complexity index is 3500. The van der Waals surface area contributed by atoms with Crippen LogP contribution >= 0.6 is 10.0 Å². The Labute approximate surface area is 368 Å². The second-order valence-electron chi connectivity index (χ2n) is 16.1. The van der Waals surface area contributed by atoms with Gasteiger partial charge in [0.05, 0.1) is 22.1 Å². The molecule has 3 heteroatoms. The molecule has 0 spiro atoms. The lowest BCUT2D eigenvalue weighted by Gasteiger charge is -2.42. The Balaban J connectivity index is 1.12. The first kappa shape index (κ1) is 37.0. The summed E-state index contributed by atoms with van der Waals surface area (Å²) in [5, 5.41) is 4.95. The summed E-state index contributed by atoms with van der Waals surface area (Å²) in [4.78, 5) is 5.26. The number of hydrogen-bond donors (Lipinski definition) is 0. The fourth-order valence-corrected chi connectivity index (χ4v) is 13.8. The maximum absolute atomic E-state index is 2.49. The van der Waals surface area contributed by atoms with E-state index in [0.717, 1.165) is 11.4 Å². The first-order chi connectivity index (χ1) is 31.3. The third-order valence-corrected chi connectivity index (χ3v) is 16.5. The first-order valence-corrected chi connectivity index (χ1v) is 23.2. The van der Waals surface area contributed by atoms with E-state index in [1.807, 2.05) is 0 Å². The Morgan fingerprint density at radius 3 is 1.40 bits per heavy atom. The van der Waals surface area contributed by atoms with E-state index in [1.165, 1.54) is 85.4 Å². The van der Waals surface area contributed by atoms with Gasteiger partial charge in [-0.15, -0.1) is 10.0 Å². The Morgan fingerprint density at radius 2 is 0.730 bits per heavy atom. The van der Waals surface area contributed by atoms with Crippen LogP contribution in [0.25, 0.3) is 77.2 Å². The average molecular weight is 823 g/mol. The SMILES string of the molecule is c1ccc(-c2cccc(-n3c4ccc(-n5c6ccccc6c6cc(S(c7ccccc7)(c7ccccc7)c7ccccc7)ccc65)cc4c4c(-c5ccccc5)cccc43)c2)cc1. The van der Waals surface area contributed by atoms with Crippen LogP contribution in [0.4, 0.5) is 0 Å². The average Bonchev–Trinajstić information content (AvgIpc) is 3.88. The van der Waals surface area contributed by atoms with Gasteiger partial charge in [-0.3, -0.25) is 0 Å². The van der Waals surface area contributed by atoms with Crippen molar-refractivity contribution in [3.8, 4) is 33.6 Å². The molecule has 0 fully saturated rings. The van der Waals surface area contributed by atoms with Gasteiger partial charge in [-0.2, -0.15) is 0 Å². The molecule has 0 aliphatic carbocycles. The van der Waals surface area contributed by atoms with Crippen LogP contribution in [0, 0.1) is 0 Å². The highest BCUT2D eigenvalue weighted by atomic mass is 32.3. The normalized spacial score (nSPS) is 12.1. The highest BCUT2D eigenvalue weighted by Crippen LogP contribution is 2.73. The minimum atomic E-state index is -1.87. The van der Waals surface area contributed by atoms with E-state index >= 15 is 0 Å². The molecular weight excluding hydrogens is 781 g/mol. The smallest absolute Gasteiger partial charge is 0.0547 e. The number of hydrogen-bond acceptors (Lipinski definition) is 0. The molecule has 0 aliphatic heterocycles. The molecule has 2 aromatic heterocycles. The summed E-state index contributed by atoms with van der Waals surface area (Å²) in [6.07, 6.45) is 0. The van der Waals surface area contributed by atoms with Gasteiger partial charge >= 0.3 is 0 Å². The van der Waals surface area contributed by atoms with Crippen LogP contribution in [0.3, 0.4) is 0 Å². The number of fused-ring (bicyclic) bond motifs is 6. The maximum Gasteiger partial charge on any atom is 0.0547 e. The molecule has 12 rings (SSSR count).